The molecule has 3 atom stereocenters. The molecule has 212 valence electrons. The number of benzene rings is 1. The van der Waals surface area contributed by atoms with Crippen molar-refractivity contribution in [3.8, 4) is 0 Å². The van der Waals surface area contributed by atoms with Crippen LogP contribution in [-0.4, -0.2) is 59.4 Å². The van der Waals surface area contributed by atoms with Crippen LogP contribution in [0.25, 0.3) is 27.8 Å². The highest BCUT2D eigenvalue weighted by Crippen LogP contribution is 2.43. The number of aryl methyl sites for hydroxylation is 1. The van der Waals surface area contributed by atoms with E-state index < -0.39 is 16.6 Å². The van der Waals surface area contributed by atoms with Crippen LogP contribution in [-0.2, 0) is 13.6 Å². The van der Waals surface area contributed by atoms with Crippen LogP contribution >= 0.6 is 0 Å². The Kier molecular flexibility index (Phi) is 6.90. The molecule has 4 aromatic rings. The van der Waals surface area contributed by atoms with Crippen molar-refractivity contribution < 1.29 is 13.6 Å². The van der Waals surface area contributed by atoms with Crippen molar-refractivity contribution in [3.63, 3.8) is 0 Å². The first-order valence-electron chi connectivity index (χ1n) is 14.1. The van der Waals surface area contributed by atoms with E-state index in [9.17, 15) is 0 Å². The van der Waals surface area contributed by atoms with Crippen molar-refractivity contribution in [2.45, 2.75) is 110 Å². The van der Waals surface area contributed by atoms with Gasteiger partial charge in [0.15, 0.2) is 33.4 Å². The van der Waals surface area contributed by atoms with E-state index in [0.29, 0.717) is 6.61 Å². The van der Waals surface area contributed by atoms with Gasteiger partial charge in [0, 0.05) is 6.42 Å². The third-order valence-corrected chi connectivity index (χ3v) is 18.3. The minimum atomic E-state index is -2.03. The Balaban J connectivity index is 1.48. The second-order valence-electron chi connectivity index (χ2n) is 14.2. The molecule has 0 N–H and O–H groups in total. The number of ether oxygens (including phenoxy) is 1. The zero-order valence-electron chi connectivity index (χ0n) is 25.5. The zero-order valence-corrected chi connectivity index (χ0v) is 27.5. The molecule has 5 rings (SSSR count). The molecule has 0 radical (unpaired) electrons. The van der Waals surface area contributed by atoms with Crippen LogP contribution in [0.4, 0.5) is 0 Å². The molecule has 8 nitrogen and oxygen atoms in total. The van der Waals surface area contributed by atoms with E-state index >= 15 is 0 Å². The lowest BCUT2D eigenvalue weighted by Gasteiger charge is -2.40. The average Bonchev–Trinajstić information content (AvgIpc) is 3.50. The molecule has 3 aromatic heterocycles. The lowest BCUT2D eigenvalue weighted by atomic mass is 10.2. The fourth-order valence-electron chi connectivity index (χ4n) is 4.66. The average molecular weight is 568 g/mol. The molecule has 0 unspecified atom stereocenters. The van der Waals surface area contributed by atoms with E-state index in [1.165, 1.54) is 5.56 Å². The fourth-order valence-corrected chi connectivity index (χ4v) is 7.03. The molecule has 1 aromatic carbocycles. The summed E-state index contributed by atoms with van der Waals surface area (Å²) in [7, 11) is -3.98. The van der Waals surface area contributed by atoms with Crippen LogP contribution in [0.3, 0.4) is 0 Å². The maximum atomic E-state index is 6.97. The monoisotopic (exact) mass is 567 g/mol. The van der Waals surface area contributed by atoms with E-state index in [1.54, 1.807) is 0 Å². The van der Waals surface area contributed by atoms with Gasteiger partial charge in [-0.15, -0.1) is 0 Å². The van der Waals surface area contributed by atoms with E-state index in [1.807, 2.05) is 21.6 Å². The summed E-state index contributed by atoms with van der Waals surface area (Å²) < 4.78 is 24.4. The van der Waals surface area contributed by atoms with E-state index in [-0.39, 0.29) is 28.5 Å². The number of nitrogens with zero attached hydrogens (tertiary/aromatic N) is 5. The zero-order chi connectivity index (χ0) is 28.5. The SMILES string of the molecule is Cc1ccc2nc3c4ncn([C@H]5C[C@H](O[Si](C)(C)C(C)(C)C)[C@@H](CO[Si](C)(C)C(C)(C)C)O5)c4ncn3c2c1. The Morgan fingerprint density at radius 3 is 2.31 bits per heavy atom. The normalized spacial score (nSPS) is 21.6. The molecule has 10 heteroatoms. The van der Waals surface area contributed by atoms with E-state index in [4.69, 9.17) is 28.5 Å². The first-order valence-corrected chi connectivity index (χ1v) is 19.9. The summed E-state index contributed by atoms with van der Waals surface area (Å²) in [5.74, 6) is 0. The first kappa shape index (κ1) is 28.4. The van der Waals surface area contributed by atoms with Crippen LogP contribution in [0.5, 0.6) is 0 Å². The van der Waals surface area contributed by atoms with Crippen LogP contribution in [0.2, 0.25) is 36.3 Å². The minimum absolute atomic E-state index is 0.0566. The minimum Gasteiger partial charge on any atom is -0.414 e. The van der Waals surface area contributed by atoms with E-state index in [2.05, 4.69) is 92.9 Å². The van der Waals surface area contributed by atoms with Gasteiger partial charge in [-0.2, -0.15) is 0 Å². The smallest absolute Gasteiger partial charge is 0.192 e. The summed E-state index contributed by atoms with van der Waals surface area (Å²) in [6.07, 6.45) is 3.97. The second-order valence-corrected chi connectivity index (χ2v) is 23.8. The van der Waals surface area contributed by atoms with Gasteiger partial charge in [-0.25, -0.2) is 15.0 Å². The highest BCUT2D eigenvalue weighted by atomic mass is 28.4. The van der Waals surface area contributed by atoms with Crippen molar-refractivity contribution in [1.29, 1.82) is 0 Å². The number of hydrogen-bond acceptors (Lipinski definition) is 6. The quantitative estimate of drug-likeness (QED) is 0.229. The third-order valence-electron chi connectivity index (χ3n) is 9.28. The maximum Gasteiger partial charge on any atom is 0.192 e. The molecule has 0 amide bonds. The van der Waals surface area contributed by atoms with E-state index in [0.717, 1.165) is 34.3 Å². The van der Waals surface area contributed by atoms with Crippen LogP contribution in [0.15, 0.2) is 30.9 Å². The molecule has 1 saturated heterocycles. The van der Waals surface area contributed by atoms with Crippen molar-refractivity contribution >= 4 is 44.5 Å². The number of hydrogen-bond donors (Lipinski definition) is 0. The number of aromatic nitrogens is 5. The summed E-state index contributed by atoms with van der Waals surface area (Å²) >= 11 is 0. The number of rotatable bonds is 6. The summed E-state index contributed by atoms with van der Waals surface area (Å²) in [5, 5.41) is 0.231. The first-order chi connectivity index (χ1) is 18.0. The second kappa shape index (κ2) is 9.48. The predicted molar refractivity (Wildman–Crippen MR) is 162 cm³/mol. The van der Waals surface area contributed by atoms with Gasteiger partial charge in [0.2, 0.25) is 0 Å². The van der Waals surface area contributed by atoms with Crippen molar-refractivity contribution in [2.24, 2.45) is 0 Å². The van der Waals surface area contributed by atoms with Crippen molar-refractivity contribution in [3.05, 3.63) is 36.4 Å². The van der Waals surface area contributed by atoms with Crippen LogP contribution in [0, 0.1) is 6.92 Å². The summed E-state index contributed by atoms with van der Waals surface area (Å²) in [6, 6.07) is 6.27. The third kappa shape index (κ3) is 5.10. The molecule has 0 aliphatic carbocycles. The topological polar surface area (TPSA) is 75.7 Å². The van der Waals surface area contributed by atoms with Crippen LogP contribution in [0.1, 0.15) is 59.8 Å². The predicted octanol–water partition coefficient (Wildman–Crippen LogP) is 7.24. The molecule has 0 saturated carbocycles. The molecule has 1 aliphatic heterocycles. The Hall–Kier alpha value is -2.12. The van der Waals surface area contributed by atoms with Gasteiger partial charge in [-0.05, 0) is 60.9 Å². The van der Waals surface area contributed by atoms with Crippen molar-refractivity contribution in [2.75, 3.05) is 6.61 Å². The summed E-state index contributed by atoms with van der Waals surface area (Å²) in [5.41, 5.74) is 5.52. The molecule has 4 heterocycles. The Labute approximate surface area is 234 Å². The number of imidazole rings is 2. The Bertz CT molecular complexity index is 1510. The lowest BCUT2D eigenvalue weighted by Crippen LogP contribution is -2.48. The van der Waals surface area contributed by atoms with Crippen molar-refractivity contribution in [1.82, 2.24) is 23.9 Å². The lowest BCUT2D eigenvalue weighted by molar-refractivity contribution is -0.0383. The molecule has 0 bridgehead atoms. The maximum absolute atomic E-state index is 6.97. The largest absolute Gasteiger partial charge is 0.414 e. The van der Waals surface area contributed by atoms with Gasteiger partial charge >= 0.3 is 0 Å². The summed E-state index contributed by atoms with van der Waals surface area (Å²) in [4.78, 5) is 14.5. The Morgan fingerprint density at radius 2 is 1.64 bits per heavy atom. The van der Waals surface area contributed by atoms with Gasteiger partial charge in [-0.1, -0.05) is 47.6 Å². The van der Waals surface area contributed by atoms with Gasteiger partial charge in [-0.3, -0.25) is 8.97 Å². The Morgan fingerprint density at radius 1 is 0.949 bits per heavy atom. The highest BCUT2D eigenvalue weighted by Gasteiger charge is 2.47. The van der Waals surface area contributed by atoms with Gasteiger partial charge < -0.3 is 13.6 Å². The molecular weight excluding hydrogens is 523 g/mol. The molecule has 1 aliphatic rings. The molecule has 0 spiro atoms. The summed E-state index contributed by atoms with van der Waals surface area (Å²) in [6.45, 7) is 25.5. The highest BCUT2D eigenvalue weighted by molar-refractivity contribution is 6.74. The number of fused-ring (bicyclic) bond motifs is 5. The van der Waals surface area contributed by atoms with Gasteiger partial charge in [0.1, 0.15) is 18.7 Å². The standard InChI is InChI=1S/C29H45N5O3Si2/c1-19-12-13-20-21(14-19)33-18-31-26-25(27(33)32-20)30-17-34(26)24-15-22(37-39(10,11)29(5,6)7)23(36-24)16-35-38(8,9)28(2,3)4/h12-14,17-18,22-24H,15-16H2,1-11H3/t22-,23+,24+/m0/s1. The molecule has 39 heavy (non-hydrogen) atoms. The van der Waals surface area contributed by atoms with Gasteiger partial charge in [0.05, 0.1) is 30.1 Å². The molecule has 1 fully saturated rings. The molecular formula is C29H45N5O3Si2. The van der Waals surface area contributed by atoms with Gasteiger partial charge in [0.25, 0.3) is 0 Å². The van der Waals surface area contributed by atoms with Crippen LogP contribution < -0.4 is 0 Å². The fraction of sp³-hybridized carbons (Fsp3) is 0.621.